The Kier molecular flexibility index (Phi) is 10.5. The van der Waals surface area contributed by atoms with Crippen LogP contribution in [0.1, 0.15) is 46.5 Å². The highest BCUT2D eigenvalue weighted by atomic mass is 16.5. The highest BCUT2D eigenvalue weighted by Gasteiger charge is 2.21. The Bertz CT molecular complexity index is 298. The first-order valence-corrected chi connectivity index (χ1v) is 8.83. The highest BCUT2D eigenvalue weighted by Crippen LogP contribution is 2.05. The van der Waals surface area contributed by atoms with Crippen LogP contribution in [-0.2, 0) is 14.3 Å². The average Bonchev–Trinajstić information content (AvgIpc) is 2.52. The molecule has 0 unspecified atom stereocenters. The second kappa shape index (κ2) is 11.9. The monoisotopic (exact) mass is 314 g/mol. The summed E-state index contributed by atoms with van der Waals surface area (Å²) >= 11 is 0. The van der Waals surface area contributed by atoms with Gasteiger partial charge in [-0.1, -0.05) is 40.0 Å². The number of nitrogens with zero attached hydrogens (tertiary/aromatic N) is 1. The number of unbranched alkanes of at least 4 members (excludes halogenated alkanes) is 3. The first-order valence-electron chi connectivity index (χ1n) is 8.83. The second-order valence-corrected chi connectivity index (χ2v) is 6.37. The molecule has 0 aromatic rings. The predicted octanol–water partition coefficient (Wildman–Crippen LogP) is 2.06. The Morgan fingerprint density at radius 1 is 1.32 bits per heavy atom. The number of hydrogen-bond donors (Lipinski definition) is 1. The number of hydrogen-bond acceptors (Lipinski definition) is 4. The molecule has 1 rings (SSSR count). The first-order chi connectivity index (χ1) is 10.6. The number of carbonyl (C=O) groups excluding carboxylic acids is 1. The molecule has 1 N–H and O–H groups in total. The maximum atomic E-state index is 11.6. The van der Waals surface area contributed by atoms with Gasteiger partial charge in [-0.2, -0.15) is 0 Å². The molecule has 0 aromatic heterocycles. The molecule has 1 aliphatic rings. The number of carbonyl (C=O) groups is 1. The van der Waals surface area contributed by atoms with Gasteiger partial charge in [-0.05, 0) is 6.42 Å². The van der Waals surface area contributed by atoms with Crippen LogP contribution in [-0.4, -0.2) is 62.9 Å². The zero-order chi connectivity index (χ0) is 16.2. The Labute approximate surface area is 135 Å². The lowest BCUT2D eigenvalue weighted by Gasteiger charge is -2.33. The summed E-state index contributed by atoms with van der Waals surface area (Å²) in [5.74, 6) is 0.122. The largest absolute Gasteiger partial charge is 0.380 e. The summed E-state index contributed by atoms with van der Waals surface area (Å²) in [5, 5.41) is 2.95. The molecular formula is C17H34N2O3. The molecule has 0 spiro atoms. The summed E-state index contributed by atoms with van der Waals surface area (Å²) < 4.78 is 11.4. The fraction of sp³-hybridized carbons (Fsp3) is 0.941. The van der Waals surface area contributed by atoms with Gasteiger partial charge in [0.05, 0.1) is 19.3 Å². The van der Waals surface area contributed by atoms with E-state index in [1.54, 1.807) is 0 Å². The molecule has 5 nitrogen and oxygen atoms in total. The molecule has 1 aliphatic heterocycles. The van der Waals surface area contributed by atoms with Gasteiger partial charge in [-0.3, -0.25) is 9.69 Å². The summed E-state index contributed by atoms with van der Waals surface area (Å²) in [4.78, 5) is 13.9. The number of amides is 1. The molecule has 0 saturated carbocycles. The van der Waals surface area contributed by atoms with E-state index in [2.05, 4.69) is 17.1 Å². The van der Waals surface area contributed by atoms with Crippen LogP contribution in [0.15, 0.2) is 0 Å². The highest BCUT2D eigenvalue weighted by molar-refractivity contribution is 5.77. The molecule has 1 atom stereocenters. The molecular weight excluding hydrogens is 280 g/mol. The van der Waals surface area contributed by atoms with Crippen molar-refractivity contribution in [1.82, 2.24) is 10.2 Å². The van der Waals surface area contributed by atoms with Crippen LogP contribution in [0.25, 0.3) is 0 Å². The molecule has 1 amide bonds. The van der Waals surface area contributed by atoms with Crippen molar-refractivity contribution in [2.45, 2.75) is 52.6 Å². The minimum Gasteiger partial charge on any atom is -0.380 e. The van der Waals surface area contributed by atoms with E-state index in [1.807, 2.05) is 13.8 Å². The Balaban J connectivity index is 2.06. The molecule has 1 heterocycles. The van der Waals surface area contributed by atoms with Crippen LogP contribution in [0.2, 0.25) is 0 Å². The topological polar surface area (TPSA) is 50.8 Å². The maximum absolute atomic E-state index is 11.6. The molecule has 1 saturated heterocycles. The van der Waals surface area contributed by atoms with Gasteiger partial charge in [0.2, 0.25) is 5.91 Å². The quantitative estimate of drug-likeness (QED) is 0.593. The number of morpholine rings is 1. The van der Waals surface area contributed by atoms with Gasteiger partial charge in [0.15, 0.2) is 0 Å². The minimum atomic E-state index is 0.0285. The lowest BCUT2D eigenvalue weighted by Crippen LogP contribution is -2.48. The molecule has 0 aliphatic carbocycles. The van der Waals surface area contributed by atoms with Crippen molar-refractivity contribution < 1.29 is 14.3 Å². The smallest absolute Gasteiger partial charge is 0.222 e. The Hall–Kier alpha value is -0.650. The number of ether oxygens (including phenoxy) is 2. The van der Waals surface area contributed by atoms with Gasteiger partial charge in [0, 0.05) is 38.7 Å². The van der Waals surface area contributed by atoms with Crippen LogP contribution in [0, 0.1) is 5.92 Å². The second-order valence-electron chi connectivity index (χ2n) is 6.37. The molecule has 1 fully saturated rings. The third-order valence-corrected chi connectivity index (χ3v) is 3.95. The molecule has 130 valence electrons. The van der Waals surface area contributed by atoms with E-state index >= 15 is 0 Å². The zero-order valence-corrected chi connectivity index (χ0v) is 14.6. The van der Waals surface area contributed by atoms with Crippen LogP contribution >= 0.6 is 0 Å². The van der Waals surface area contributed by atoms with Crippen LogP contribution in [0.4, 0.5) is 0 Å². The standard InChI is InChI=1S/C17H34N2O3/c1-4-5-6-7-10-21-11-8-19-9-12-22-16(14-19)13-18-17(20)15(2)3/h15-16H,4-14H2,1-3H3,(H,18,20)/t16-/m0/s1. The van der Waals surface area contributed by atoms with Gasteiger partial charge in [0.25, 0.3) is 0 Å². The molecule has 5 heteroatoms. The van der Waals surface area contributed by atoms with Crippen LogP contribution in [0.5, 0.6) is 0 Å². The van der Waals surface area contributed by atoms with Crippen molar-refractivity contribution in [3.05, 3.63) is 0 Å². The third kappa shape index (κ3) is 8.71. The van der Waals surface area contributed by atoms with E-state index in [4.69, 9.17) is 9.47 Å². The van der Waals surface area contributed by atoms with E-state index in [9.17, 15) is 4.79 Å². The molecule has 0 aromatic carbocycles. The van der Waals surface area contributed by atoms with Gasteiger partial charge in [-0.25, -0.2) is 0 Å². The summed E-state index contributed by atoms with van der Waals surface area (Å²) in [7, 11) is 0. The number of nitrogens with one attached hydrogen (secondary N) is 1. The van der Waals surface area contributed by atoms with Crippen molar-refractivity contribution in [2.24, 2.45) is 5.92 Å². The normalized spacial score (nSPS) is 19.5. The van der Waals surface area contributed by atoms with E-state index in [1.165, 1.54) is 25.7 Å². The molecule has 0 radical (unpaired) electrons. The van der Waals surface area contributed by atoms with Crippen molar-refractivity contribution in [1.29, 1.82) is 0 Å². The van der Waals surface area contributed by atoms with Crippen molar-refractivity contribution in [2.75, 3.05) is 46.0 Å². The summed E-state index contributed by atoms with van der Waals surface area (Å²) in [5.41, 5.74) is 0. The van der Waals surface area contributed by atoms with E-state index in [0.29, 0.717) is 6.54 Å². The lowest BCUT2D eigenvalue weighted by atomic mass is 10.2. The maximum Gasteiger partial charge on any atom is 0.222 e. The lowest BCUT2D eigenvalue weighted by molar-refractivity contribution is -0.125. The first kappa shape index (κ1) is 19.4. The van der Waals surface area contributed by atoms with Crippen molar-refractivity contribution in [3.8, 4) is 0 Å². The van der Waals surface area contributed by atoms with Gasteiger partial charge < -0.3 is 14.8 Å². The van der Waals surface area contributed by atoms with E-state index < -0.39 is 0 Å². The predicted molar refractivity (Wildman–Crippen MR) is 89.0 cm³/mol. The Morgan fingerprint density at radius 3 is 2.86 bits per heavy atom. The zero-order valence-electron chi connectivity index (χ0n) is 14.6. The van der Waals surface area contributed by atoms with Crippen molar-refractivity contribution >= 4 is 5.91 Å². The van der Waals surface area contributed by atoms with Gasteiger partial charge in [-0.15, -0.1) is 0 Å². The third-order valence-electron chi connectivity index (χ3n) is 3.95. The minimum absolute atomic E-state index is 0.0285. The summed E-state index contributed by atoms with van der Waals surface area (Å²) in [6, 6.07) is 0. The van der Waals surface area contributed by atoms with Crippen LogP contribution in [0.3, 0.4) is 0 Å². The van der Waals surface area contributed by atoms with Crippen molar-refractivity contribution in [3.63, 3.8) is 0 Å². The fourth-order valence-corrected chi connectivity index (χ4v) is 2.45. The SMILES string of the molecule is CCCCCCOCCN1CCO[C@@H](CNC(=O)C(C)C)C1. The molecule has 0 bridgehead atoms. The Morgan fingerprint density at radius 2 is 2.14 bits per heavy atom. The average molecular weight is 314 g/mol. The summed E-state index contributed by atoms with van der Waals surface area (Å²) in [6.45, 7) is 11.8. The fourth-order valence-electron chi connectivity index (χ4n) is 2.45. The van der Waals surface area contributed by atoms with Gasteiger partial charge in [0.1, 0.15) is 0 Å². The van der Waals surface area contributed by atoms with E-state index in [-0.39, 0.29) is 17.9 Å². The van der Waals surface area contributed by atoms with E-state index in [0.717, 1.165) is 39.5 Å². The number of rotatable bonds is 11. The van der Waals surface area contributed by atoms with Gasteiger partial charge >= 0.3 is 0 Å². The summed E-state index contributed by atoms with van der Waals surface area (Å²) in [6.07, 6.45) is 5.10. The molecule has 22 heavy (non-hydrogen) atoms. The van der Waals surface area contributed by atoms with Crippen LogP contribution < -0.4 is 5.32 Å².